The van der Waals surface area contributed by atoms with E-state index in [1.807, 2.05) is 23.1 Å². The Labute approximate surface area is 178 Å². The number of sulfonamides is 1. The fourth-order valence-corrected chi connectivity index (χ4v) is 7.16. The molecule has 4 rings (SSSR count). The summed E-state index contributed by atoms with van der Waals surface area (Å²) in [4.78, 5) is 19.5. The van der Waals surface area contributed by atoms with Crippen LogP contribution in [-0.4, -0.2) is 48.7 Å². The molecular formula is C20H23N3O3S3. The van der Waals surface area contributed by atoms with Crippen LogP contribution in [0.2, 0.25) is 0 Å². The van der Waals surface area contributed by atoms with E-state index >= 15 is 0 Å². The number of hydrogen-bond acceptors (Lipinski definition) is 6. The van der Waals surface area contributed by atoms with Crippen LogP contribution in [0, 0.1) is 0 Å². The van der Waals surface area contributed by atoms with Gasteiger partial charge in [0.25, 0.3) is 10.0 Å². The van der Waals surface area contributed by atoms with E-state index in [1.165, 1.54) is 15.6 Å². The van der Waals surface area contributed by atoms with Gasteiger partial charge in [0, 0.05) is 26.6 Å². The van der Waals surface area contributed by atoms with Gasteiger partial charge in [-0.1, -0.05) is 18.2 Å². The van der Waals surface area contributed by atoms with Gasteiger partial charge in [-0.2, -0.15) is 0 Å². The molecule has 6 nitrogen and oxygen atoms in total. The second-order valence-electron chi connectivity index (χ2n) is 7.13. The highest BCUT2D eigenvalue weighted by Gasteiger charge is 2.32. The fraction of sp³-hybridized carbons (Fsp3) is 0.400. The molecule has 154 valence electrons. The van der Waals surface area contributed by atoms with Crippen LogP contribution in [0.15, 0.2) is 46.0 Å². The molecule has 1 amide bonds. The lowest BCUT2D eigenvalue weighted by molar-refractivity contribution is -0.132. The van der Waals surface area contributed by atoms with Gasteiger partial charge >= 0.3 is 0 Å². The number of carbonyl (C=O) groups is 1. The number of benzene rings is 1. The SMILES string of the molecule is CN(CCCC(=O)N1CCC[C@H]1c1nc2ccccc2s1)S(=O)(=O)c1cccs1. The van der Waals surface area contributed by atoms with E-state index in [9.17, 15) is 13.2 Å². The third-order valence-corrected chi connectivity index (χ3v) is 9.56. The third kappa shape index (κ3) is 4.23. The predicted octanol–water partition coefficient (Wildman–Crippen LogP) is 4.12. The van der Waals surface area contributed by atoms with E-state index in [-0.39, 0.29) is 11.9 Å². The van der Waals surface area contributed by atoms with Crippen LogP contribution in [0.1, 0.15) is 36.7 Å². The van der Waals surface area contributed by atoms with E-state index in [2.05, 4.69) is 6.07 Å². The lowest BCUT2D eigenvalue weighted by atomic mass is 10.2. The summed E-state index contributed by atoms with van der Waals surface area (Å²) in [6, 6.07) is 11.4. The number of nitrogens with zero attached hydrogens (tertiary/aromatic N) is 3. The van der Waals surface area contributed by atoms with Gasteiger partial charge in [-0.25, -0.2) is 17.7 Å². The van der Waals surface area contributed by atoms with E-state index in [1.54, 1.807) is 35.9 Å². The zero-order valence-electron chi connectivity index (χ0n) is 16.2. The first kappa shape index (κ1) is 20.5. The Hall–Kier alpha value is -1.81. The van der Waals surface area contributed by atoms with Gasteiger partial charge in [0.2, 0.25) is 5.91 Å². The number of amides is 1. The molecule has 3 aromatic rings. The molecule has 0 bridgehead atoms. The van der Waals surface area contributed by atoms with E-state index in [0.29, 0.717) is 23.6 Å². The summed E-state index contributed by atoms with van der Waals surface area (Å²) in [5, 5.41) is 2.74. The maximum atomic E-state index is 12.8. The van der Waals surface area contributed by atoms with Gasteiger partial charge in [-0.05, 0) is 42.8 Å². The minimum atomic E-state index is -3.46. The Kier molecular flexibility index (Phi) is 6.00. The molecule has 0 aliphatic carbocycles. The monoisotopic (exact) mass is 449 g/mol. The first-order valence-electron chi connectivity index (χ1n) is 9.61. The Morgan fingerprint density at radius 2 is 2.10 bits per heavy atom. The molecule has 1 aliphatic rings. The van der Waals surface area contributed by atoms with Crippen molar-refractivity contribution in [3.05, 3.63) is 46.8 Å². The van der Waals surface area contributed by atoms with Crippen LogP contribution in [0.4, 0.5) is 0 Å². The number of hydrogen-bond donors (Lipinski definition) is 0. The lowest BCUT2D eigenvalue weighted by Gasteiger charge is -2.23. The number of thiazole rings is 1. The zero-order valence-corrected chi connectivity index (χ0v) is 18.6. The minimum Gasteiger partial charge on any atom is -0.333 e. The predicted molar refractivity (Wildman–Crippen MR) is 117 cm³/mol. The molecule has 0 saturated carbocycles. The third-order valence-electron chi connectivity index (χ3n) is 5.19. The molecule has 1 aliphatic heterocycles. The molecule has 1 saturated heterocycles. The molecule has 1 aromatic carbocycles. The second kappa shape index (κ2) is 8.51. The molecule has 29 heavy (non-hydrogen) atoms. The molecule has 1 atom stereocenters. The molecule has 0 radical (unpaired) electrons. The van der Waals surface area contributed by atoms with E-state index < -0.39 is 10.0 Å². The number of carbonyl (C=O) groups excluding carboxylic acids is 1. The van der Waals surface area contributed by atoms with Crippen molar-refractivity contribution in [2.45, 2.75) is 35.9 Å². The number of thiophene rings is 1. The molecule has 1 fully saturated rings. The zero-order chi connectivity index (χ0) is 20.4. The first-order valence-corrected chi connectivity index (χ1v) is 12.8. The van der Waals surface area contributed by atoms with Crippen molar-refractivity contribution in [2.24, 2.45) is 0 Å². The second-order valence-corrected chi connectivity index (χ2v) is 11.4. The highest BCUT2D eigenvalue weighted by Crippen LogP contribution is 2.36. The van der Waals surface area contributed by atoms with Crippen LogP contribution < -0.4 is 0 Å². The summed E-state index contributed by atoms with van der Waals surface area (Å²) >= 11 is 2.86. The quantitative estimate of drug-likeness (QED) is 0.544. The molecular weight excluding hydrogens is 426 g/mol. The van der Waals surface area contributed by atoms with E-state index in [4.69, 9.17) is 4.98 Å². The van der Waals surface area contributed by atoms with Gasteiger partial charge < -0.3 is 4.90 Å². The maximum Gasteiger partial charge on any atom is 0.252 e. The van der Waals surface area contributed by atoms with Gasteiger partial charge in [-0.15, -0.1) is 22.7 Å². The van der Waals surface area contributed by atoms with Crippen LogP contribution >= 0.6 is 22.7 Å². The first-order chi connectivity index (χ1) is 14.0. The normalized spacial score (nSPS) is 17.4. The summed E-state index contributed by atoms with van der Waals surface area (Å²) in [5.41, 5.74) is 0.979. The highest BCUT2D eigenvalue weighted by molar-refractivity contribution is 7.91. The number of rotatable bonds is 7. The number of likely N-dealkylation sites (tertiary alicyclic amines) is 1. The van der Waals surface area contributed by atoms with Crippen LogP contribution in [-0.2, 0) is 14.8 Å². The molecule has 3 heterocycles. The van der Waals surface area contributed by atoms with Gasteiger partial charge in [-0.3, -0.25) is 4.79 Å². The summed E-state index contributed by atoms with van der Waals surface area (Å²) in [7, 11) is -1.89. The number of para-hydroxylation sites is 1. The van der Waals surface area contributed by atoms with Gasteiger partial charge in [0.05, 0.1) is 16.3 Å². The smallest absolute Gasteiger partial charge is 0.252 e. The standard InChI is InChI=1S/C20H23N3O3S3/c1-22(29(25,26)19-11-6-14-27-19)12-5-10-18(24)23-13-4-8-16(23)20-21-15-7-2-3-9-17(15)28-20/h2-3,6-7,9,11,14,16H,4-5,8,10,12-13H2,1H3/t16-/m0/s1. The van der Waals surface area contributed by atoms with Crippen molar-refractivity contribution in [1.29, 1.82) is 0 Å². The van der Waals surface area contributed by atoms with Crippen LogP contribution in [0.5, 0.6) is 0 Å². The number of aromatic nitrogens is 1. The van der Waals surface area contributed by atoms with Crippen LogP contribution in [0.25, 0.3) is 10.2 Å². The Morgan fingerprint density at radius 1 is 1.28 bits per heavy atom. The molecule has 0 N–H and O–H groups in total. The summed E-state index contributed by atoms with van der Waals surface area (Å²) in [6.45, 7) is 1.06. The summed E-state index contributed by atoms with van der Waals surface area (Å²) in [5.74, 6) is 0.0775. The van der Waals surface area contributed by atoms with Crippen molar-refractivity contribution in [3.8, 4) is 0 Å². The largest absolute Gasteiger partial charge is 0.333 e. The van der Waals surface area contributed by atoms with Gasteiger partial charge in [0.1, 0.15) is 9.22 Å². The average molecular weight is 450 g/mol. The number of fused-ring (bicyclic) bond motifs is 1. The fourth-order valence-electron chi connectivity index (χ4n) is 3.64. The molecule has 0 unspecified atom stereocenters. The topological polar surface area (TPSA) is 70.6 Å². The van der Waals surface area contributed by atoms with Crippen molar-refractivity contribution in [2.75, 3.05) is 20.1 Å². The molecule has 0 spiro atoms. The Morgan fingerprint density at radius 3 is 2.86 bits per heavy atom. The molecule has 2 aromatic heterocycles. The average Bonchev–Trinajstić information content (AvgIpc) is 3.47. The molecule has 9 heteroatoms. The van der Waals surface area contributed by atoms with Crippen molar-refractivity contribution in [3.63, 3.8) is 0 Å². The van der Waals surface area contributed by atoms with Crippen molar-refractivity contribution >= 4 is 48.8 Å². The summed E-state index contributed by atoms with van der Waals surface area (Å²) < 4.78 is 27.8. The maximum absolute atomic E-state index is 12.8. The highest BCUT2D eigenvalue weighted by atomic mass is 32.2. The van der Waals surface area contributed by atoms with Crippen molar-refractivity contribution < 1.29 is 13.2 Å². The van der Waals surface area contributed by atoms with E-state index in [0.717, 1.165) is 34.6 Å². The Balaban J connectivity index is 1.36. The van der Waals surface area contributed by atoms with Crippen LogP contribution in [0.3, 0.4) is 0 Å². The summed E-state index contributed by atoms with van der Waals surface area (Å²) in [6.07, 6.45) is 2.74. The lowest BCUT2D eigenvalue weighted by Crippen LogP contribution is -2.32. The van der Waals surface area contributed by atoms with Gasteiger partial charge in [0.15, 0.2) is 0 Å². The Bertz CT molecular complexity index is 1060. The van der Waals surface area contributed by atoms with Crippen molar-refractivity contribution in [1.82, 2.24) is 14.2 Å². The minimum absolute atomic E-state index is 0.0347.